The molecule has 0 aliphatic heterocycles. The zero-order chi connectivity index (χ0) is 12.1. The first-order valence-electron chi connectivity index (χ1n) is 5.47. The lowest BCUT2D eigenvalue weighted by Crippen LogP contribution is -2.55. The summed E-state index contributed by atoms with van der Waals surface area (Å²) in [6.45, 7) is 10.8. The van der Waals surface area contributed by atoms with Crippen LogP contribution in [0.5, 0.6) is 0 Å². The summed E-state index contributed by atoms with van der Waals surface area (Å²) in [6, 6.07) is 0. The first-order chi connectivity index (χ1) is 6.81. The maximum absolute atomic E-state index is 11.4. The van der Waals surface area contributed by atoms with Crippen molar-refractivity contribution < 1.29 is 9.53 Å². The molecule has 0 spiro atoms. The molecular weight excluding hydrogens is 192 g/mol. The Kier molecular flexibility index (Phi) is 5.65. The average molecular weight is 216 g/mol. The van der Waals surface area contributed by atoms with E-state index in [4.69, 9.17) is 10.5 Å². The number of nitrogens with one attached hydrogen (secondary N) is 1. The highest BCUT2D eigenvalue weighted by Crippen LogP contribution is 2.14. The van der Waals surface area contributed by atoms with E-state index in [9.17, 15) is 4.79 Å². The van der Waals surface area contributed by atoms with Crippen molar-refractivity contribution in [3.05, 3.63) is 0 Å². The second kappa shape index (κ2) is 5.95. The molecule has 0 aliphatic carbocycles. The van der Waals surface area contributed by atoms with E-state index in [0.717, 1.165) is 0 Å². The number of rotatable bonds is 5. The van der Waals surface area contributed by atoms with E-state index in [1.807, 2.05) is 34.6 Å². The van der Waals surface area contributed by atoms with Gasteiger partial charge in [0, 0.05) is 6.54 Å². The van der Waals surface area contributed by atoms with Crippen LogP contribution < -0.4 is 11.1 Å². The van der Waals surface area contributed by atoms with Crippen LogP contribution in [0.2, 0.25) is 0 Å². The van der Waals surface area contributed by atoms with Gasteiger partial charge in [0.1, 0.15) is 0 Å². The van der Waals surface area contributed by atoms with Gasteiger partial charge in [0.15, 0.2) is 0 Å². The molecule has 0 radical (unpaired) electrons. The van der Waals surface area contributed by atoms with E-state index in [-0.39, 0.29) is 12.0 Å². The Balaban J connectivity index is 4.13. The van der Waals surface area contributed by atoms with Gasteiger partial charge in [0.25, 0.3) is 0 Å². The van der Waals surface area contributed by atoms with Crippen molar-refractivity contribution in [2.24, 2.45) is 17.6 Å². The van der Waals surface area contributed by atoms with Gasteiger partial charge in [-0.05, 0) is 18.8 Å². The number of carbonyl (C=O) groups is 1. The summed E-state index contributed by atoms with van der Waals surface area (Å²) in [6.07, 6.45) is -0.384. The van der Waals surface area contributed by atoms with Crippen LogP contribution in [0.3, 0.4) is 0 Å². The maximum Gasteiger partial charge on any atom is 0.407 e. The van der Waals surface area contributed by atoms with Crippen molar-refractivity contribution in [2.75, 3.05) is 13.2 Å². The molecule has 4 nitrogen and oxygen atoms in total. The molecule has 1 unspecified atom stereocenters. The fourth-order valence-electron chi connectivity index (χ4n) is 0.943. The molecule has 4 heteroatoms. The second-order valence-corrected chi connectivity index (χ2v) is 4.89. The summed E-state index contributed by atoms with van der Waals surface area (Å²) in [5.74, 6) is 0.619. The van der Waals surface area contributed by atoms with Gasteiger partial charge in [-0.3, -0.25) is 0 Å². The van der Waals surface area contributed by atoms with Crippen LogP contribution in [0.15, 0.2) is 0 Å². The first kappa shape index (κ1) is 14.2. The summed E-state index contributed by atoms with van der Waals surface area (Å²) in [5, 5.41) is 2.81. The summed E-state index contributed by atoms with van der Waals surface area (Å²) in [4.78, 5) is 11.4. The minimum atomic E-state index is -0.395. The molecule has 3 N–H and O–H groups in total. The fraction of sp³-hybridized carbons (Fsp3) is 0.909. The van der Waals surface area contributed by atoms with Crippen molar-refractivity contribution in [2.45, 2.75) is 40.2 Å². The van der Waals surface area contributed by atoms with Gasteiger partial charge in [-0.2, -0.15) is 0 Å². The van der Waals surface area contributed by atoms with Gasteiger partial charge in [-0.25, -0.2) is 4.79 Å². The molecule has 90 valence electrons. The molecule has 1 atom stereocenters. The van der Waals surface area contributed by atoms with Gasteiger partial charge < -0.3 is 15.8 Å². The molecule has 0 fully saturated rings. The van der Waals surface area contributed by atoms with Crippen LogP contribution in [-0.4, -0.2) is 24.8 Å². The molecule has 0 aliphatic rings. The van der Waals surface area contributed by atoms with Crippen LogP contribution in [0, 0.1) is 11.8 Å². The molecule has 0 saturated heterocycles. The van der Waals surface area contributed by atoms with Gasteiger partial charge >= 0.3 is 6.09 Å². The van der Waals surface area contributed by atoms with E-state index >= 15 is 0 Å². The molecule has 15 heavy (non-hydrogen) atoms. The van der Waals surface area contributed by atoms with Crippen molar-refractivity contribution in [3.63, 3.8) is 0 Å². The summed E-state index contributed by atoms with van der Waals surface area (Å²) in [7, 11) is 0. The van der Waals surface area contributed by atoms with Gasteiger partial charge in [-0.1, -0.05) is 27.7 Å². The number of hydrogen-bond donors (Lipinski definition) is 2. The molecular formula is C11H24N2O2. The topological polar surface area (TPSA) is 64.3 Å². The van der Waals surface area contributed by atoms with Crippen molar-refractivity contribution in [1.82, 2.24) is 5.32 Å². The maximum atomic E-state index is 11.4. The van der Waals surface area contributed by atoms with E-state index in [1.165, 1.54) is 0 Å². The third-order valence-electron chi connectivity index (χ3n) is 2.63. The lowest BCUT2D eigenvalue weighted by molar-refractivity contribution is 0.116. The lowest BCUT2D eigenvalue weighted by Gasteiger charge is -2.33. The first-order valence-corrected chi connectivity index (χ1v) is 5.47. The molecule has 0 aromatic carbocycles. The Morgan fingerprint density at radius 2 is 1.93 bits per heavy atom. The Hall–Kier alpha value is -0.770. The van der Waals surface area contributed by atoms with Crippen LogP contribution in [0.1, 0.15) is 34.6 Å². The highest BCUT2D eigenvalue weighted by atomic mass is 16.5. The highest BCUT2D eigenvalue weighted by molar-refractivity contribution is 5.68. The van der Waals surface area contributed by atoms with Crippen molar-refractivity contribution in [1.29, 1.82) is 0 Å². The molecule has 0 aromatic heterocycles. The molecule has 0 saturated carbocycles. The van der Waals surface area contributed by atoms with Crippen LogP contribution in [0.4, 0.5) is 4.79 Å². The number of ether oxygens (including phenoxy) is 1. The van der Waals surface area contributed by atoms with Crippen molar-refractivity contribution >= 4 is 6.09 Å². The van der Waals surface area contributed by atoms with Crippen LogP contribution >= 0.6 is 0 Å². The largest absolute Gasteiger partial charge is 0.449 e. The third-order valence-corrected chi connectivity index (χ3v) is 2.63. The minimum Gasteiger partial charge on any atom is -0.449 e. The normalized spacial score (nSPS) is 15.2. The van der Waals surface area contributed by atoms with E-state index in [2.05, 4.69) is 5.32 Å². The van der Waals surface area contributed by atoms with E-state index < -0.39 is 5.54 Å². The Morgan fingerprint density at radius 1 is 1.40 bits per heavy atom. The Bertz CT molecular complexity index is 205. The number of amides is 1. The molecule has 0 heterocycles. The monoisotopic (exact) mass is 216 g/mol. The molecule has 0 rings (SSSR count). The van der Waals surface area contributed by atoms with E-state index in [0.29, 0.717) is 19.1 Å². The van der Waals surface area contributed by atoms with Gasteiger partial charge in [-0.15, -0.1) is 0 Å². The minimum absolute atomic E-state index is 0.272. The Morgan fingerprint density at radius 3 is 2.27 bits per heavy atom. The molecule has 1 amide bonds. The number of hydrogen-bond acceptors (Lipinski definition) is 3. The summed E-state index contributed by atoms with van der Waals surface area (Å²) >= 11 is 0. The van der Waals surface area contributed by atoms with Crippen LogP contribution in [-0.2, 0) is 4.74 Å². The fourth-order valence-corrected chi connectivity index (χ4v) is 0.943. The number of alkyl carbamates (subject to hydrolysis) is 1. The number of carbonyl (C=O) groups excluding carboxylic acids is 1. The average Bonchev–Trinajstić information content (AvgIpc) is 2.14. The molecule has 0 bridgehead atoms. The SMILES string of the molecule is CC(C)COC(=O)NC(C)(CN)C(C)C. The second-order valence-electron chi connectivity index (χ2n) is 4.89. The summed E-state index contributed by atoms with van der Waals surface area (Å²) in [5.41, 5.74) is 5.25. The van der Waals surface area contributed by atoms with Crippen molar-refractivity contribution in [3.8, 4) is 0 Å². The predicted octanol–water partition coefficient (Wildman–Crippen LogP) is 1.74. The highest BCUT2D eigenvalue weighted by Gasteiger charge is 2.29. The smallest absolute Gasteiger partial charge is 0.407 e. The third kappa shape index (κ3) is 5.02. The predicted molar refractivity (Wildman–Crippen MR) is 61.6 cm³/mol. The quantitative estimate of drug-likeness (QED) is 0.735. The Labute approximate surface area is 92.6 Å². The van der Waals surface area contributed by atoms with E-state index in [1.54, 1.807) is 0 Å². The lowest BCUT2D eigenvalue weighted by atomic mass is 9.89. The standard InChI is InChI=1S/C11H24N2O2/c1-8(2)6-15-10(14)13-11(5,7-12)9(3)4/h8-9H,6-7,12H2,1-5H3,(H,13,14). The zero-order valence-corrected chi connectivity index (χ0v) is 10.5. The van der Waals surface area contributed by atoms with Crippen LogP contribution in [0.25, 0.3) is 0 Å². The number of nitrogens with two attached hydrogens (primary N) is 1. The zero-order valence-electron chi connectivity index (χ0n) is 10.5. The summed E-state index contributed by atoms with van der Waals surface area (Å²) < 4.78 is 5.05. The van der Waals surface area contributed by atoms with Gasteiger partial charge in [0.2, 0.25) is 0 Å². The van der Waals surface area contributed by atoms with Gasteiger partial charge in [0.05, 0.1) is 12.1 Å². The molecule has 0 aromatic rings.